The van der Waals surface area contributed by atoms with Crippen LogP contribution in [-0.4, -0.2) is 35.4 Å². The number of nitrogens with zero attached hydrogens (tertiary/aromatic N) is 2. The minimum atomic E-state index is 0.0356. The summed E-state index contributed by atoms with van der Waals surface area (Å²) in [5.74, 6) is 2.47. The second-order valence-corrected chi connectivity index (χ2v) is 3.54. The molecular weight excluding hydrogens is 214 g/mol. The number of aromatic nitrogens is 1. The minimum Gasteiger partial charge on any atom is -0.336 e. The van der Waals surface area contributed by atoms with Gasteiger partial charge in [0.2, 0.25) is 5.91 Å². The summed E-state index contributed by atoms with van der Waals surface area (Å²) in [5, 5.41) is 2.89. The van der Waals surface area contributed by atoms with E-state index in [4.69, 9.17) is 6.42 Å². The summed E-state index contributed by atoms with van der Waals surface area (Å²) >= 11 is 0. The minimum absolute atomic E-state index is 0.0356. The predicted octanol–water partition coefficient (Wildman–Crippen LogP) is 0.653. The molecule has 1 amide bonds. The molecule has 1 heterocycles. The Morgan fingerprint density at radius 1 is 1.59 bits per heavy atom. The van der Waals surface area contributed by atoms with Gasteiger partial charge in [-0.15, -0.1) is 6.42 Å². The third kappa shape index (κ3) is 4.66. The number of nitrogens with one attached hydrogen (secondary N) is 1. The molecular formula is C13H17N3O. The Hall–Kier alpha value is -1.86. The Bertz CT molecular complexity index is 383. The Balaban J connectivity index is 2.48. The van der Waals surface area contributed by atoms with Gasteiger partial charge in [0.25, 0.3) is 0 Å². The molecule has 90 valence electrons. The van der Waals surface area contributed by atoms with E-state index in [1.165, 1.54) is 0 Å². The maximum absolute atomic E-state index is 11.8. The standard InChI is InChI=1S/C13H17N3O/c1-3-8-14-10-13(17)16(4-2)11-12-7-5-6-9-15-12/h1,5-7,9,14H,4,8,10-11H2,2H3. The first kappa shape index (κ1) is 13.2. The van der Waals surface area contributed by atoms with Crippen molar-refractivity contribution in [2.75, 3.05) is 19.6 Å². The van der Waals surface area contributed by atoms with Gasteiger partial charge in [-0.05, 0) is 19.1 Å². The Kier molecular flexibility index (Phi) is 5.76. The first-order valence-electron chi connectivity index (χ1n) is 5.59. The molecule has 0 bridgehead atoms. The van der Waals surface area contributed by atoms with Crippen LogP contribution in [0.25, 0.3) is 0 Å². The number of hydrogen-bond acceptors (Lipinski definition) is 3. The average molecular weight is 231 g/mol. The third-order valence-electron chi connectivity index (χ3n) is 2.32. The fraction of sp³-hybridized carbons (Fsp3) is 0.385. The highest BCUT2D eigenvalue weighted by molar-refractivity contribution is 5.78. The van der Waals surface area contributed by atoms with Crippen molar-refractivity contribution in [2.24, 2.45) is 0 Å². The second kappa shape index (κ2) is 7.42. The van der Waals surface area contributed by atoms with Gasteiger partial charge in [-0.25, -0.2) is 0 Å². The highest BCUT2D eigenvalue weighted by atomic mass is 16.2. The molecule has 1 N–H and O–H groups in total. The topological polar surface area (TPSA) is 45.2 Å². The van der Waals surface area contributed by atoms with Crippen molar-refractivity contribution in [2.45, 2.75) is 13.5 Å². The molecule has 0 aliphatic rings. The molecule has 17 heavy (non-hydrogen) atoms. The molecule has 1 aromatic heterocycles. The summed E-state index contributed by atoms with van der Waals surface area (Å²) in [5.41, 5.74) is 0.889. The second-order valence-electron chi connectivity index (χ2n) is 3.54. The van der Waals surface area contributed by atoms with Crippen LogP contribution in [0.2, 0.25) is 0 Å². The van der Waals surface area contributed by atoms with Gasteiger partial charge in [0, 0.05) is 12.7 Å². The van der Waals surface area contributed by atoms with Crippen molar-refractivity contribution >= 4 is 5.91 Å². The Morgan fingerprint density at radius 3 is 3.00 bits per heavy atom. The number of terminal acetylenes is 1. The van der Waals surface area contributed by atoms with Crippen molar-refractivity contribution in [3.63, 3.8) is 0 Å². The first-order chi connectivity index (χ1) is 8.27. The summed E-state index contributed by atoms with van der Waals surface area (Å²) in [6.07, 6.45) is 6.83. The highest BCUT2D eigenvalue weighted by Crippen LogP contribution is 2.00. The zero-order valence-corrected chi connectivity index (χ0v) is 10.0. The molecule has 4 heteroatoms. The lowest BCUT2D eigenvalue weighted by molar-refractivity contribution is -0.130. The normalized spacial score (nSPS) is 9.65. The number of hydrogen-bond donors (Lipinski definition) is 1. The van der Waals surface area contributed by atoms with Crippen molar-refractivity contribution in [3.8, 4) is 12.3 Å². The molecule has 0 spiro atoms. The molecule has 0 aliphatic heterocycles. The van der Waals surface area contributed by atoms with Crippen molar-refractivity contribution in [1.29, 1.82) is 0 Å². The van der Waals surface area contributed by atoms with E-state index in [-0.39, 0.29) is 12.5 Å². The van der Waals surface area contributed by atoms with E-state index in [0.29, 0.717) is 19.6 Å². The van der Waals surface area contributed by atoms with Gasteiger partial charge >= 0.3 is 0 Å². The smallest absolute Gasteiger partial charge is 0.236 e. The number of likely N-dealkylation sites (N-methyl/N-ethyl adjacent to an activating group) is 1. The largest absolute Gasteiger partial charge is 0.336 e. The van der Waals surface area contributed by atoms with Crippen LogP contribution < -0.4 is 5.32 Å². The van der Waals surface area contributed by atoms with Crippen molar-refractivity contribution in [1.82, 2.24) is 15.2 Å². The maximum atomic E-state index is 11.8. The molecule has 0 saturated carbocycles. The summed E-state index contributed by atoms with van der Waals surface area (Å²) in [4.78, 5) is 17.8. The van der Waals surface area contributed by atoms with E-state index in [1.807, 2.05) is 25.1 Å². The van der Waals surface area contributed by atoms with Crippen molar-refractivity contribution < 1.29 is 4.79 Å². The number of pyridine rings is 1. The van der Waals surface area contributed by atoms with E-state index in [0.717, 1.165) is 5.69 Å². The molecule has 0 fully saturated rings. The zero-order chi connectivity index (χ0) is 12.5. The van der Waals surface area contributed by atoms with Crippen LogP contribution in [-0.2, 0) is 11.3 Å². The summed E-state index contributed by atoms with van der Waals surface area (Å²) in [6.45, 7) is 3.82. The average Bonchev–Trinajstić information content (AvgIpc) is 2.37. The van der Waals surface area contributed by atoms with Crippen LogP contribution >= 0.6 is 0 Å². The van der Waals surface area contributed by atoms with Gasteiger partial charge < -0.3 is 4.90 Å². The molecule has 0 saturated heterocycles. The quantitative estimate of drug-likeness (QED) is 0.577. The van der Waals surface area contributed by atoms with Crippen LogP contribution in [0.1, 0.15) is 12.6 Å². The molecule has 1 rings (SSSR count). The molecule has 0 unspecified atom stereocenters. The Labute approximate surface area is 102 Å². The van der Waals surface area contributed by atoms with Crippen molar-refractivity contribution in [3.05, 3.63) is 30.1 Å². The fourth-order valence-electron chi connectivity index (χ4n) is 1.42. The Morgan fingerprint density at radius 2 is 2.41 bits per heavy atom. The van der Waals surface area contributed by atoms with E-state index in [2.05, 4.69) is 16.2 Å². The van der Waals surface area contributed by atoms with Gasteiger partial charge in [0.05, 0.1) is 25.3 Å². The van der Waals surface area contributed by atoms with Gasteiger partial charge in [0.15, 0.2) is 0 Å². The van der Waals surface area contributed by atoms with E-state index in [9.17, 15) is 4.79 Å². The number of rotatable bonds is 6. The van der Waals surface area contributed by atoms with Gasteiger partial charge in [-0.3, -0.25) is 15.1 Å². The molecule has 1 aromatic rings. The van der Waals surface area contributed by atoms with Crippen LogP contribution in [0, 0.1) is 12.3 Å². The molecule has 0 atom stereocenters. The van der Waals surface area contributed by atoms with Crippen LogP contribution in [0.5, 0.6) is 0 Å². The molecule has 0 aliphatic carbocycles. The van der Waals surface area contributed by atoms with Crippen LogP contribution in [0.4, 0.5) is 0 Å². The van der Waals surface area contributed by atoms with E-state index >= 15 is 0 Å². The maximum Gasteiger partial charge on any atom is 0.236 e. The monoisotopic (exact) mass is 231 g/mol. The zero-order valence-electron chi connectivity index (χ0n) is 10.0. The van der Waals surface area contributed by atoms with Gasteiger partial charge in [-0.2, -0.15) is 0 Å². The first-order valence-corrected chi connectivity index (χ1v) is 5.59. The highest BCUT2D eigenvalue weighted by Gasteiger charge is 2.11. The number of amides is 1. The van der Waals surface area contributed by atoms with Gasteiger partial charge in [0.1, 0.15) is 0 Å². The van der Waals surface area contributed by atoms with Gasteiger partial charge in [-0.1, -0.05) is 12.0 Å². The lowest BCUT2D eigenvalue weighted by Crippen LogP contribution is -2.37. The predicted molar refractivity (Wildman–Crippen MR) is 67.0 cm³/mol. The van der Waals surface area contributed by atoms with E-state index in [1.54, 1.807) is 11.1 Å². The van der Waals surface area contributed by atoms with E-state index < -0.39 is 0 Å². The SMILES string of the molecule is C#CCNCC(=O)N(CC)Cc1ccccn1. The lowest BCUT2D eigenvalue weighted by Gasteiger charge is -2.20. The summed E-state index contributed by atoms with van der Waals surface area (Å²) < 4.78 is 0. The number of carbonyl (C=O) groups excluding carboxylic acids is 1. The summed E-state index contributed by atoms with van der Waals surface area (Å²) in [6, 6.07) is 5.68. The third-order valence-corrected chi connectivity index (χ3v) is 2.32. The molecule has 0 radical (unpaired) electrons. The lowest BCUT2D eigenvalue weighted by atomic mass is 10.3. The summed E-state index contributed by atoms with van der Waals surface area (Å²) in [7, 11) is 0. The number of carbonyl (C=O) groups is 1. The van der Waals surface area contributed by atoms with Crippen LogP contribution in [0.3, 0.4) is 0 Å². The fourth-order valence-corrected chi connectivity index (χ4v) is 1.42. The molecule has 0 aromatic carbocycles. The van der Waals surface area contributed by atoms with Crippen LogP contribution in [0.15, 0.2) is 24.4 Å². The molecule has 4 nitrogen and oxygen atoms in total.